The highest BCUT2D eigenvalue weighted by molar-refractivity contribution is 5.83. The summed E-state index contributed by atoms with van der Waals surface area (Å²) < 4.78 is 5.10. The van der Waals surface area contributed by atoms with E-state index in [0.29, 0.717) is 16.7 Å². The molecule has 0 amide bonds. The molecule has 0 spiro atoms. The zero-order valence-electron chi connectivity index (χ0n) is 14.1. The molecular formula is C21H16N2O3. The molecule has 5 nitrogen and oxygen atoms in total. The van der Waals surface area contributed by atoms with E-state index in [0.717, 1.165) is 16.7 Å². The van der Waals surface area contributed by atoms with Gasteiger partial charge >= 0.3 is 0 Å². The third kappa shape index (κ3) is 2.80. The lowest BCUT2D eigenvalue weighted by Crippen LogP contribution is -2.09. The van der Waals surface area contributed by atoms with Gasteiger partial charge in [0.2, 0.25) is 0 Å². The van der Waals surface area contributed by atoms with Crippen molar-refractivity contribution in [2.24, 2.45) is 0 Å². The quantitative estimate of drug-likeness (QED) is 0.590. The van der Waals surface area contributed by atoms with Gasteiger partial charge in [0.25, 0.3) is 5.56 Å². The van der Waals surface area contributed by atoms with Crippen LogP contribution in [0.3, 0.4) is 0 Å². The number of aromatic amines is 1. The minimum absolute atomic E-state index is 0.0905. The molecule has 1 heterocycles. The lowest BCUT2D eigenvalue weighted by Gasteiger charge is -2.08. The fraction of sp³-hybridized carbons (Fsp3) is 0.0476. The van der Waals surface area contributed by atoms with E-state index in [9.17, 15) is 9.90 Å². The number of fused-ring (bicyclic) bond motifs is 1. The van der Waals surface area contributed by atoms with Gasteiger partial charge in [0.1, 0.15) is 5.82 Å². The Bertz CT molecular complexity index is 1130. The second kappa shape index (κ2) is 6.37. The van der Waals surface area contributed by atoms with Gasteiger partial charge in [0, 0.05) is 11.6 Å². The van der Waals surface area contributed by atoms with Crippen molar-refractivity contribution < 1.29 is 9.84 Å². The van der Waals surface area contributed by atoms with E-state index < -0.39 is 0 Å². The second-order valence-electron chi connectivity index (χ2n) is 5.90. The maximum Gasteiger partial charge on any atom is 0.259 e. The Kier molecular flexibility index (Phi) is 3.89. The first kappa shape index (κ1) is 15.9. The molecule has 0 atom stereocenters. The Balaban J connectivity index is 1.79. The molecule has 5 heteroatoms. The molecule has 4 rings (SSSR count). The smallest absolute Gasteiger partial charge is 0.259 e. The summed E-state index contributed by atoms with van der Waals surface area (Å²) in [5.41, 5.74) is 3.17. The summed E-state index contributed by atoms with van der Waals surface area (Å²) in [6.07, 6.45) is 0. The number of hydrogen-bond acceptors (Lipinski definition) is 4. The first-order valence-corrected chi connectivity index (χ1v) is 8.12. The maximum atomic E-state index is 12.4. The number of phenolic OH excluding ortho intramolecular Hbond substituents is 1. The summed E-state index contributed by atoms with van der Waals surface area (Å²) in [5.74, 6) is 0.656. The molecular weight excluding hydrogens is 328 g/mol. The third-order valence-corrected chi connectivity index (χ3v) is 4.27. The number of hydrogen-bond donors (Lipinski definition) is 2. The number of ether oxygens (including phenoxy) is 1. The molecule has 2 N–H and O–H groups in total. The number of aromatic hydroxyl groups is 1. The molecule has 128 valence electrons. The first-order valence-electron chi connectivity index (χ1n) is 8.12. The Morgan fingerprint density at radius 1 is 0.923 bits per heavy atom. The average Bonchev–Trinajstić information content (AvgIpc) is 2.69. The van der Waals surface area contributed by atoms with Crippen molar-refractivity contribution in [2.75, 3.05) is 7.11 Å². The van der Waals surface area contributed by atoms with E-state index in [2.05, 4.69) is 9.97 Å². The normalized spacial score (nSPS) is 10.8. The average molecular weight is 344 g/mol. The van der Waals surface area contributed by atoms with E-state index >= 15 is 0 Å². The summed E-state index contributed by atoms with van der Waals surface area (Å²) in [6, 6.07) is 20.8. The molecule has 0 saturated heterocycles. The van der Waals surface area contributed by atoms with E-state index in [1.807, 2.05) is 54.6 Å². The van der Waals surface area contributed by atoms with Crippen LogP contribution in [-0.4, -0.2) is 22.2 Å². The van der Waals surface area contributed by atoms with Crippen LogP contribution in [0.2, 0.25) is 0 Å². The van der Waals surface area contributed by atoms with Gasteiger partial charge in [0.15, 0.2) is 11.5 Å². The number of nitrogens with zero attached hydrogens (tertiary/aromatic N) is 1. The molecule has 0 radical (unpaired) electrons. The van der Waals surface area contributed by atoms with E-state index in [1.165, 1.54) is 13.2 Å². The third-order valence-electron chi connectivity index (χ3n) is 4.27. The van der Waals surface area contributed by atoms with Crippen molar-refractivity contribution in [1.82, 2.24) is 9.97 Å². The summed E-state index contributed by atoms with van der Waals surface area (Å²) in [7, 11) is 1.46. The lowest BCUT2D eigenvalue weighted by molar-refractivity contribution is 0.374. The van der Waals surface area contributed by atoms with Gasteiger partial charge in [-0.3, -0.25) is 4.79 Å². The van der Waals surface area contributed by atoms with Crippen LogP contribution in [0.25, 0.3) is 33.4 Å². The van der Waals surface area contributed by atoms with E-state index in [-0.39, 0.29) is 17.1 Å². The molecule has 0 aliphatic rings. The largest absolute Gasteiger partial charge is 0.504 e. The van der Waals surface area contributed by atoms with E-state index in [1.54, 1.807) is 6.07 Å². The number of benzene rings is 3. The molecule has 0 fully saturated rings. The number of methoxy groups -OCH3 is 1. The first-order chi connectivity index (χ1) is 12.7. The van der Waals surface area contributed by atoms with Crippen molar-refractivity contribution >= 4 is 10.9 Å². The van der Waals surface area contributed by atoms with Crippen molar-refractivity contribution in [1.29, 1.82) is 0 Å². The zero-order chi connectivity index (χ0) is 18.1. The molecule has 26 heavy (non-hydrogen) atoms. The highest BCUT2D eigenvalue weighted by Crippen LogP contribution is 2.30. The fourth-order valence-corrected chi connectivity index (χ4v) is 2.91. The van der Waals surface area contributed by atoms with Crippen LogP contribution in [0.5, 0.6) is 11.5 Å². The van der Waals surface area contributed by atoms with Crippen LogP contribution < -0.4 is 10.3 Å². The van der Waals surface area contributed by atoms with Crippen molar-refractivity contribution in [2.45, 2.75) is 0 Å². The van der Waals surface area contributed by atoms with E-state index in [4.69, 9.17) is 4.74 Å². The SMILES string of the molecule is COc1cc2nc(-c3ccc(-c4ccccc4)cc3)[nH]c(=O)c2cc1O. The topological polar surface area (TPSA) is 75.2 Å². The minimum atomic E-state index is -0.310. The van der Waals surface area contributed by atoms with Gasteiger partial charge in [-0.25, -0.2) is 4.98 Å². The van der Waals surface area contributed by atoms with Crippen molar-refractivity contribution in [3.8, 4) is 34.0 Å². The lowest BCUT2D eigenvalue weighted by atomic mass is 10.0. The standard InChI is InChI=1S/C21H16N2O3/c1-26-19-12-17-16(11-18(19)24)21(25)23-20(22-17)15-9-7-14(8-10-15)13-5-3-2-4-6-13/h2-12,24H,1H3,(H,22,23,25). The Morgan fingerprint density at radius 2 is 1.58 bits per heavy atom. The van der Waals surface area contributed by atoms with Gasteiger partial charge in [-0.2, -0.15) is 0 Å². The molecule has 3 aromatic carbocycles. The van der Waals surface area contributed by atoms with Gasteiger partial charge in [-0.15, -0.1) is 0 Å². The number of rotatable bonds is 3. The molecule has 0 aliphatic carbocycles. The predicted molar refractivity (Wildman–Crippen MR) is 101 cm³/mol. The number of phenols is 1. The summed E-state index contributed by atoms with van der Waals surface area (Å²) >= 11 is 0. The monoisotopic (exact) mass is 344 g/mol. The zero-order valence-corrected chi connectivity index (χ0v) is 14.1. The molecule has 0 saturated carbocycles. The molecule has 0 aliphatic heterocycles. The highest BCUT2D eigenvalue weighted by Gasteiger charge is 2.11. The van der Waals surface area contributed by atoms with Crippen LogP contribution in [0.4, 0.5) is 0 Å². The van der Waals surface area contributed by atoms with Gasteiger partial charge in [-0.1, -0.05) is 54.6 Å². The molecule has 4 aromatic rings. The van der Waals surface area contributed by atoms with Gasteiger partial charge in [-0.05, 0) is 17.2 Å². The van der Waals surface area contributed by atoms with Crippen LogP contribution in [0, 0.1) is 0 Å². The van der Waals surface area contributed by atoms with Crippen LogP contribution >= 0.6 is 0 Å². The summed E-state index contributed by atoms with van der Waals surface area (Å²) in [4.78, 5) is 19.6. The molecule has 1 aromatic heterocycles. The minimum Gasteiger partial charge on any atom is -0.504 e. The van der Waals surface area contributed by atoms with Crippen molar-refractivity contribution in [3.05, 3.63) is 77.1 Å². The molecule has 0 bridgehead atoms. The van der Waals surface area contributed by atoms with Crippen molar-refractivity contribution in [3.63, 3.8) is 0 Å². The van der Waals surface area contributed by atoms with Crippen LogP contribution in [-0.2, 0) is 0 Å². The number of aromatic nitrogens is 2. The summed E-state index contributed by atoms with van der Waals surface area (Å²) in [5, 5.41) is 10.2. The number of H-pyrrole nitrogens is 1. The Hall–Kier alpha value is -3.60. The highest BCUT2D eigenvalue weighted by atomic mass is 16.5. The fourth-order valence-electron chi connectivity index (χ4n) is 2.91. The Morgan fingerprint density at radius 3 is 2.27 bits per heavy atom. The number of nitrogens with one attached hydrogen (secondary N) is 1. The predicted octanol–water partition coefficient (Wildman–Crippen LogP) is 3.97. The molecule has 0 unspecified atom stereocenters. The Labute approximate surface area is 149 Å². The summed E-state index contributed by atoms with van der Waals surface area (Å²) in [6.45, 7) is 0. The van der Waals surface area contributed by atoms with Crippen LogP contribution in [0.15, 0.2) is 71.5 Å². The maximum absolute atomic E-state index is 12.4. The van der Waals surface area contributed by atoms with Crippen LogP contribution in [0.1, 0.15) is 0 Å². The van der Waals surface area contributed by atoms with Gasteiger partial charge in [0.05, 0.1) is 18.0 Å². The van der Waals surface area contributed by atoms with Gasteiger partial charge < -0.3 is 14.8 Å². The second-order valence-corrected chi connectivity index (χ2v) is 5.90.